The second-order valence-corrected chi connectivity index (χ2v) is 3.36. The van der Waals surface area contributed by atoms with Crippen molar-refractivity contribution < 1.29 is 4.52 Å². The van der Waals surface area contributed by atoms with Crippen LogP contribution in [0.5, 0.6) is 0 Å². The molecule has 0 spiro atoms. The highest BCUT2D eigenvalue weighted by Gasteiger charge is 2.09. The van der Waals surface area contributed by atoms with E-state index in [0.717, 1.165) is 22.2 Å². The van der Waals surface area contributed by atoms with E-state index in [4.69, 9.17) is 10.3 Å². The van der Waals surface area contributed by atoms with Crippen LogP contribution in [-0.2, 0) is 0 Å². The van der Waals surface area contributed by atoms with E-state index in [1.54, 1.807) is 6.07 Å². The van der Waals surface area contributed by atoms with Gasteiger partial charge in [-0.1, -0.05) is 23.4 Å². The molecule has 0 unspecified atom stereocenters. The van der Waals surface area contributed by atoms with Crippen LogP contribution in [0.25, 0.3) is 22.2 Å². The third-order valence-electron chi connectivity index (χ3n) is 2.39. The zero-order chi connectivity index (χ0) is 10.3. The standard InChI is InChI=1S/C11H9N3O/c12-11-5-10(14-15-11)8-6-13-9-4-2-1-3-7(8)9/h1-6,13H,12H2. The van der Waals surface area contributed by atoms with Crippen LogP contribution in [0.2, 0.25) is 0 Å². The molecule has 0 saturated carbocycles. The number of nitrogens with one attached hydrogen (secondary N) is 1. The molecule has 3 aromatic rings. The Bertz CT molecular complexity index is 609. The van der Waals surface area contributed by atoms with Crippen molar-refractivity contribution in [2.45, 2.75) is 0 Å². The van der Waals surface area contributed by atoms with E-state index < -0.39 is 0 Å². The molecule has 0 aliphatic rings. The molecule has 0 aliphatic heterocycles. The maximum atomic E-state index is 5.49. The van der Waals surface area contributed by atoms with Gasteiger partial charge in [0, 0.05) is 28.7 Å². The van der Waals surface area contributed by atoms with Gasteiger partial charge in [0.1, 0.15) is 5.69 Å². The molecule has 3 N–H and O–H groups in total. The number of hydrogen-bond donors (Lipinski definition) is 2. The summed E-state index contributed by atoms with van der Waals surface area (Å²) in [5.74, 6) is 0.329. The molecule has 4 heteroatoms. The topological polar surface area (TPSA) is 67.8 Å². The van der Waals surface area contributed by atoms with E-state index in [1.165, 1.54) is 0 Å². The number of H-pyrrole nitrogens is 1. The molecule has 0 aliphatic carbocycles. The van der Waals surface area contributed by atoms with E-state index in [2.05, 4.69) is 10.1 Å². The largest absolute Gasteiger partial charge is 0.368 e. The van der Waals surface area contributed by atoms with Gasteiger partial charge in [-0.2, -0.15) is 0 Å². The number of benzene rings is 1. The van der Waals surface area contributed by atoms with E-state index in [9.17, 15) is 0 Å². The van der Waals surface area contributed by atoms with Crippen molar-refractivity contribution in [2.24, 2.45) is 0 Å². The number of nitrogen functional groups attached to an aromatic ring is 1. The summed E-state index contributed by atoms with van der Waals surface area (Å²) in [5, 5.41) is 5.00. The summed E-state index contributed by atoms with van der Waals surface area (Å²) in [4.78, 5) is 3.17. The maximum Gasteiger partial charge on any atom is 0.222 e. The van der Waals surface area contributed by atoms with E-state index in [0.29, 0.717) is 5.88 Å². The number of nitrogens with two attached hydrogens (primary N) is 1. The Labute approximate surface area is 85.7 Å². The Hall–Kier alpha value is -2.23. The fraction of sp³-hybridized carbons (Fsp3) is 0. The van der Waals surface area contributed by atoms with Gasteiger partial charge >= 0.3 is 0 Å². The van der Waals surface area contributed by atoms with Crippen molar-refractivity contribution in [3.05, 3.63) is 36.5 Å². The molecule has 1 aromatic carbocycles. The second kappa shape index (κ2) is 2.88. The number of hydrogen-bond acceptors (Lipinski definition) is 3. The average molecular weight is 199 g/mol. The summed E-state index contributed by atoms with van der Waals surface area (Å²) in [6.45, 7) is 0. The minimum absolute atomic E-state index is 0.329. The molecule has 0 fully saturated rings. The first-order chi connectivity index (χ1) is 7.34. The fourth-order valence-electron chi connectivity index (χ4n) is 1.70. The van der Waals surface area contributed by atoms with Crippen molar-refractivity contribution in [1.82, 2.24) is 10.1 Å². The average Bonchev–Trinajstić information content (AvgIpc) is 2.83. The number of fused-ring (bicyclic) bond motifs is 1. The van der Waals surface area contributed by atoms with Crippen LogP contribution < -0.4 is 5.73 Å². The van der Waals surface area contributed by atoms with Crippen molar-refractivity contribution in [2.75, 3.05) is 5.73 Å². The molecule has 2 heterocycles. The monoisotopic (exact) mass is 199 g/mol. The molecule has 0 atom stereocenters. The first kappa shape index (κ1) is 8.11. The number of aromatic amines is 1. The zero-order valence-corrected chi connectivity index (χ0v) is 7.90. The number of para-hydroxylation sites is 1. The van der Waals surface area contributed by atoms with Crippen LogP contribution >= 0.6 is 0 Å². The van der Waals surface area contributed by atoms with Crippen LogP contribution in [0.1, 0.15) is 0 Å². The van der Waals surface area contributed by atoms with E-state index >= 15 is 0 Å². The summed E-state index contributed by atoms with van der Waals surface area (Å²) >= 11 is 0. The van der Waals surface area contributed by atoms with Crippen molar-refractivity contribution >= 4 is 16.8 Å². The predicted octanol–water partition coefficient (Wildman–Crippen LogP) is 2.41. The summed E-state index contributed by atoms with van der Waals surface area (Å²) in [6.07, 6.45) is 1.90. The van der Waals surface area contributed by atoms with Gasteiger partial charge < -0.3 is 15.2 Å². The lowest BCUT2D eigenvalue weighted by molar-refractivity contribution is 0.439. The second-order valence-electron chi connectivity index (χ2n) is 3.36. The molecule has 0 amide bonds. The summed E-state index contributed by atoms with van der Waals surface area (Å²) < 4.78 is 4.85. The summed E-state index contributed by atoms with van der Waals surface area (Å²) in [7, 11) is 0. The third-order valence-corrected chi connectivity index (χ3v) is 2.39. The SMILES string of the molecule is Nc1cc(-c2c[nH]c3ccccc23)no1. The van der Waals surface area contributed by atoms with Gasteiger partial charge in [0.25, 0.3) is 0 Å². The molecule has 0 bridgehead atoms. The first-order valence-corrected chi connectivity index (χ1v) is 4.63. The minimum Gasteiger partial charge on any atom is -0.368 e. The van der Waals surface area contributed by atoms with Crippen molar-refractivity contribution in [3.63, 3.8) is 0 Å². The van der Waals surface area contributed by atoms with Gasteiger partial charge in [-0.15, -0.1) is 0 Å². The van der Waals surface area contributed by atoms with Gasteiger partial charge in [-0.05, 0) is 6.07 Å². The summed E-state index contributed by atoms with van der Waals surface area (Å²) in [5.41, 5.74) is 8.33. The molecular weight excluding hydrogens is 190 g/mol. The molecule has 3 rings (SSSR count). The normalized spacial score (nSPS) is 10.9. The fourth-order valence-corrected chi connectivity index (χ4v) is 1.70. The Morgan fingerprint density at radius 3 is 2.93 bits per heavy atom. The Balaban J connectivity index is 2.27. The van der Waals surface area contributed by atoms with Crippen LogP contribution in [0.4, 0.5) is 5.88 Å². The van der Waals surface area contributed by atoms with Gasteiger partial charge in [0.05, 0.1) is 0 Å². The predicted molar refractivity (Wildman–Crippen MR) is 58.2 cm³/mol. The minimum atomic E-state index is 0.329. The lowest BCUT2D eigenvalue weighted by Gasteiger charge is -1.91. The lowest BCUT2D eigenvalue weighted by Crippen LogP contribution is -1.76. The third kappa shape index (κ3) is 1.19. The quantitative estimate of drug-likeness (QED) is 0.632. The highest BCUT2D eigenvalue weighted by molar-refractivity contribution is 5.94. The number of nitrogens with zero attached hydrogens (tertiary/aromatic N) is 1. The molecule has 0 saturated heterocycles. The van der Waals surface area contributed by atoms with Crippen molar-refractivity contribution in [1.29, 1.82) is 0 Å². The van der Waals surface area contributed by atoms with Crippen molar-refractivity contribution in [3.8, 4) is 11.3 Å². The Kier molecular flexibility index (Phi) is 1.56. The van der Waals surface area contributed by atoms with Gasteiger partial charge in [-0.25, -0.2) is 0 Å². The van der Waals surface area contributed by atoms with Gasteiger partial charge in [0.2, 0.25) is 5.88 Å². The number of aromatic nitrogens is 2. The lowest BCUT2D eigenvalue weighted by atomic mass is 10.1. The first-order valence-electron chi connectivity index (χ1n) is 4.63. The van der Waals surface area contributed by atoms with E-state index in [-0.39, 0.29) is 0 Å². The summed E-state index contributed by atoms with van der Waals surface area (Å²) in [6, 6.07) is 9.74. The highest BCUT2D eigenvalue weighted by Crippen LogP contribution is 2.28. The van der Waals surface area contributed by atoms with E-state index in [1.807, 2.05) is 30.5 Å². The van der Waals surface area contributed by atoms with Gasteiger partial charge in [-0.3, -0.25) is 0 Å². The molecule has 4 nitrogen and oxygen atoms in total. The van der Waals surface area contributed by atoms with Crippen LogP contribution in [0.15, 0.2) is 41.1 Å². The van der Waals surface area contributed by atoms with Crippen LogP contribution in [-0.4, -0.2) is 10.1 Å². The Morgan fingerprint density at radius 2 is 2.13 bits per heavy atom. The molecule has 2 aromatic heterocycles. The number of rotatable bonds is 1. The van der Waals surface area contributed by atoms with Crippen LogP contribution in [0.3, 0.4) is 0 Å². The highest BCUT2D eigenvalue weighted by atomic mass is 16.5. The Morgan fingerprint density at radius 1 is 1.27 bits per heavy atom. The maximum absolute atomic E-state index is 5.49. The smallest absolute Gasteiger partial charge is 0.222 e. The zero-order valence-electron chi connectivity index (χ0n) is 7.90. The number of anilines is 1. The molecular formula is C11H9N3O. The van der Waals surface area contributed by atoms with Gasteiger partial charge in [0.15, 0.2) is 0 Å². The van der Waals surface area contributed by atoms with Crippen LogP contribution in [0, 0.1) is 0 Å². The molecule has 15 heavy (non-hydrogen) atoms. The molecule has 74 valence electrons. The molecule has 0 radical (unpaired) electrons.